The summed E-state index contributed by atoms with van der Waals surface area (Å²) in [6.07, 6.45) is 0. The van der Waals surface area contributed by atoms with Crippen molar-refractivity contribution in [3.05, 3.63) is 63.6 Å². The molecule has 1 aromatic heterocycles. The molecular formula is C20H20N2O3S. The third-order valence-corrected chi connectivity index (χ3v) is 5.13. The molecule has 5 nitrogen and oxygen atoms in total. The van der Waals surface area contributed by atoms with E-state index in [0.717, 1.165) is 21.3 Å². The topological polar surface area (TPSA) is 68.3 Å². The second-order valence-corrected chi connectivity index (χ2v) is 7.32. The zero-order valence-electron chi connectivity index (χ0n) is 14.9. The summed E-state index contributed by atoms with van der Waals surface area (Å²) in [4.78, 5) is 28.8. The molecular weight excluding hydrogens is 348 g/mol. The number of fused-ring (bicyclic) bond motifs is 1. The van der Waals surface area contributed by atoms with Gasteiger partial charge in [-0.3, -0.25) is 4.79 Å². The summed E-state index contributed by atoms with van der Waals surface area (Å²) in [6.45, 7) is 5.17. The number of aryl methyl sites for hydroxylation is 2. The van der Waals surface area contributed by atoms with E-state index in [0.29, 0.717) is 10.6 Å². The monoisotopic (exact) mass is 368 g/mol. The lowest BCUT2D eigenvalue weighted by molar-refractivity contribution is -0.124. The molecule has 0 spiro atoms. The molecule has 1 N–H and O–H groups in total. The number of ether oxygens (including phenoxy) is 1. The molecule has 0 aliphatic carbocycles. The molecule has 0 saturated carbocycles. The number of aromatic nitrogens is 1. The van der Waals surface area contributed by atoms with E-state index in [1.807, 2.05) is 50.2 Å². The van der Waals surface area contributed by atoms with Crippen molar-refractivity contribution < 1.29 is 14.3 Å². The zero-order valence-corrected chi connectivity index (χ0v) is 15.7. The quantitative estimate of drug-likeness (QED) is 0.693. The van der Waals surface area contributed by atoms with Crippen LogP contribution in [0.4, 0.5) is 0 Å². The second-order valence-electron chi connectivity index (χ2n) is 6.12. The van der Waals surface area contributed by atoms with Gasteiger partial charge in [-0.1, -0.05) is 36.4 Å². The van der Waals surface area contributed by atoms with Crippen LogP contribution in [0.15, 0.2) is 42.5 Å². The van der Waals surface area contributed by atoms with Crippen molar-refractivity contribution in [3.8, 4) is 0 Å². The van der Waals surface area contributed by atoms with Gasteiger partial charge in [-0.2, -0.15) is 0 Å². The van der Waals surface area contributed by atoms with E-state index in [-0.39, 0.29) is 18.6 Å². The van der Waals surface area contributed by atoms with Gasteiger partial charge >= 0.3 is 5.97 Å². The second kappa shape index (κ2) is 7.66. The highest BCUT2D eigenvalue weighted by atomic mass is 32.1. The Hall–Kier alpha value is -2.73. The number of nitrogens with zero attached hydrogens (tertiary/aromatic N) is 1. The number of esters is 1. The highest BCUT2D eigenvalue weighted by molar-refractivity contribution is 7.13. The largest absolute Gasteiger partial charge is 0.451 e. The molecule has 0 radical (unpaired) electrons. The van der Waals surface area contributed by atoms with Gasteiger partial charge in [0.15, 0.2) is 6.61 Å². The van der Waals surface area contributed by atoms with Crippen LogP contribution in [0.1, 0.15) is 38.9 Å². The molecule has 1 amide bonds. The zero-order chi connectivity index (χ0) is 18.7. The van der Waals surface area contributed by atoms with E-state index in [4.69, 9.17) is 4.74 Å². The summed E-state index contributed by atoms with van der Waals surface area (Å²) < 4.78 is 5.11. The standard InChI is InChI=1S/C20H20N2O3S/c1-12(16-9-8-15-6-4-5-7-17(15)10-16)22-18(23)11-25-20(24)19-13(2)21-14(3)26-19/h4-10,12H,11H2,1-3H3,(H,22,23). The highest BCUT2D eigenvalue weighted by Gasteiger charge is 2.17. The molecule has 2 aromatic carbocycles. The van der Waals surface area contributed by atoms with E-state index >= 15 is 0 Å². The fraction of sp³-hybridized carbons (Fsp3) is 0.250. The lowest BCUT2D eigenvalue weighted by Gasteiger charge is -2.15. The molecule has 26 heavy (non-hydrogen) atoms. The maximum atomic E-state index is 12.1. The molecule has 0 aliphatic heterocycles. The first-order chi connectivity index (χ1) is 12.4. The first-order valence-electron chi connectivity index (χ1n) is 8.33. The van der Waals surface area contributed by atoms with Gasteiger partial charge in [-0.15, -0.1) is 11.3 Å². The lowest BCUT2D eigenvalue weighted by Crippen LogP contribution is -2.31. The van der Waals surface area contributed by atoms with Gasteiger partial charge in [0, 0.05) is 0 Å². The molecule has 3 aromatic rings. The van der Waals surface area contributed by atoms with Crippen molar-refractivity contribution in [2.45, 2.75) is 26.8 Å². The maximum absolute atomic E-state index is 12.1. The van der Waals surface area contributed by atoms with Gasteiger partial charge in [-0.25, -0.2) is 9.78 Å². The van der Waals surface area contributed by atoms with E-state index in [1.165, 1.54) is 11.3 Å². The average molecular weight is 368 g/mol. The number of thiazole rings is 1. The Morgan fingerprint density at radius 3 is 2.58 bits per heavy atom. The average Bonchev–Trinajstić information content (AvgIpc) is 2.97. The van der Waals surface area contributed by atoms with Crippen molar-refractivity contribution in [1.29, 1.82) is 0 Å². The van der Waals surface area contributed by atoms with Crippen molar-refractivity contribution in [2.24, 2.45) is 0 Å². The van der Waals surface area contributed by atoms with Crippen LogP contribution in [0.3, 0.4) is 0 Å². The molecule has 0 bridgehead atoms. The SMILES string of the molecule is Cc1nc(C)c(C(=O)OCC(=O)NC(C)c2ccc3ccccc3c2)s1. The number of carbonyl (C=O) groups excluding carboxylic acids is 2. The molecule has 0 saturated heterocycles. The van der Waals surface area contributed by atoms with Crippen molar-refractivity contribution in [1.82, 2.24) is 10.3 Å². The van der Waals surface area contributed by atoms with E-state index in [2.05, 4.69) is 16.4 Å². The molecule has 134 valence electrons. The number of carbonyl (C=O) groups is 2. The Bertz CT molecular complexity index is 965. The predicted octanol–water partition coefficient (Wildman–Crippen LogP) is 3.95. The fourth-order valence-electron chi connectivity index (χ4n) is 2.76. The first kappa shape index (κ1) is 18.1. The smallest absolute Gasteiger partial charge is 0.350 e. The van der Waals surface area contributed by atoms with Crippen molar-refractivity contribution in [2.75, 3.05) is 6.61 Å². The summed E-state index contributed by atoms with van der Waals surface area (Å²) in [5.41, 5.74) is 1.62. The van der Waals surface area contributed by atoms with Crippen LogP contribution in [0.25, 0.3) is 10.8 Å². The number of amides is 1. The third-order valence-electron chi connectivity index (χ3n) is 4.07. The number of nitrogens with one attached hydrogen (secondary N) is 1. The highest BCUT2D eigenvalue weighted by Crippen LogP contribution is 2.20. The Morgan fingerprint density at radius 2 is 1.88 bits per heavy atom. The molecule has 0 fully saturated rings. The Balaban J connectivity index is 1.58. The van der Waals surface area contributed by atoms with Crippen LogP contribution >= 0.6 is 11.3 Å². The Morgan fingerprint density at radius 1 is 1.15 bits per heavy atom. The van der Waals surface area contributed by atoms with Crippen molar-refractivity contribution >= 4 is 34.0 Å². The van der Waals surface area contributed by atoms with Crippen LogP contribution in [-0.4, -0.2) is 23.5 Å². The van der Waals surface area contributed by atoms with Crippen LogP contribution in [-0.2, 0) is 9.53 Å². The summed E-state index contributed by atoms with van der Waals surface area (Å²) in [5.74, 6) is -0.848. The minimum Gasteiger partial charge on any atom is -0.451 e. The minimum absolute atomic E-state index is 0.182. The molecule has 3 rings (SSSR count). The molecule has 1 atom stereocenters. The summed E-state index contributed by atoms with van der Waals surface area (Å²) in [5, 5.41) is 5.93. The van der Waals surface area contributed by atoms with Gasteiger partial charge in [0.2, 0.25) is 0 Å². The van der Waals surface area contributed by atoms with Crippen LogP contribution in [0, 0.1) is 13.8 Å². The Labute approximate surface area is 156 Å². The molecule has 1 unspecified atom stereocenters. The number of rotatable bonds is 5. The number of hydrogen-bond donors (Lipinski definition) is 1. The van der Waals surface area contributed by atoms with Crippen LogP contribution < -0.4 is 5.32 Å². The summed E-state index contributed by atoms with van der Waals surface area (Å²) in [6, 6.07) is 13.9. The third kappa shape index (κ3) is 4.08. The molecule has 6 heteroatoms. The summed E-state index contributed by atoms with van der Waals surface area (Å²) in [7, 11) is 0. The van der Waals surface area contributed by atoms with Gasteiger partial charge in [-0.05, 0) is 43.2 Å². The first-order valence-corrected chi connectivity index (χ1v) is 9.15. The number of hydrogen-bond acceptors (Lipinski definition) is 5. The van der Waals surface area contributed by atoms with Crippen LogP contribution in [0.2, 0.25) is 0 Å². The van der Waals surface area contributed by atoms with Gasteiger partial charge in [0.25, 0.3) is 5.91 Å². The maximum Gasteiger partial charge on any atom is 0.350 e. The minimum atomic E-state index is -0.512. The molecule has 0 aliphatic rings. The summed E-state index contributed by atoms with van der Waals surface area (Å²) >= 11 is 1.27. The van der Waals surface area contributed by atoms with E-state index in [9.17, 15) is 9.59 Å². The van der Waals surface area contributed by atoms with E-state index < -0.39 is 5.97 Å². The lowest BCUT2D eigenvalue weighted by atomic mass is 10.0. The molecule has 1 heterocycles. The van der Waals surface area contributed by atoms with Gasteiger partial charge in [0.1, 0.15) is 4.88 Å². The fourth-order valence-corrected chi connectivity index (χ4v) is 3.57. The number of benzene rings is 2. The Kier molecular flexibility index (Phi) is 5.32. The van der Waals surface area contributed by atoms with Crippen molar-refractivity contribution in [3.63, 3.8) is 0 Å². The van der Waals surface area contributed by atoms with Crippen LogP contribution in [0.5, 0.6) is 0 Å². The predicted molar refractivity (Wildman–Crippen MR) is 102 cm³/mol. The normalized spacial score (nSPS) is 12.0. The van der Waals surface area contributed by atoms with Gasteiger partial charge < -0.3 is 10.1 Å². The van der Waals surface area contributed by atoms with Gasteiger partial charge in [0.05, 0.1) is 16.7 Å². The van der Waals surface area contributed by atoms with E-state index in [1.54, 1.807) is 6.92 Å².